The predicted octanol–water partition coefficient (Wildman–Crippen LogP) is 9.45. The van der Waals surface area contributed by atoms with E-state index in [1.807, 2.05) is 103 Å². The summed E-state index contributed by atoms with van der Waals surface area (Å²) in [6.45, 7) is 21.0. The number of carbonyl (C=O) groups is 4. The first-order valence-electron chi connectivity index (χ1n) is 29.7. The van der Waals surface area contributed by atoms with Crippen LogP contribution < -0.4 is 26.0 Å². The van der Waals surface area contributed by atoms with E-state index in [1.165, 1.54) is 28.9 Å². The number of aromatic nitrogens is 6. The Morgan fingerprint density at radius 1 is 0.647 bits per heavy atom. The van der Waals surface area contributed by atoms with Gasteiger partial charge in [0.15, 0.2) is 11.3 Å². The monoisotopic (exact) mass is 1190 g/mol. The molecular formula is C62H74N12O9S2. The fourth-order valence-electron chi connectivity index (χ4n) is 13.0. The van der Waals surface area contributed by atoms with Crippen LogP contribution in [0.25, 0.3) is 52.2 Å². The van der Waals surface area contributed by atoms with Gasteiger partial charge in [-0.3, -0.25) is 23.2 Å². The number of thiazole rings is 2. The van der Waals surface area contributed by atoms with Crippen LogP contribution in [-0.4, -0.2) is 162 Å². The van der Waals surface area contributed by atoms with Gasteiger partial charge in [0.25, 0.3) is 5.91 Å². The molecule has 5 aliphatic heterocycles. The van der Waals surface area contributed by atoms with E-state index in [4.69, 9.17) is 19.4 Å². The van der Waals surface area contributed by atoms with E-state index < -0.39 is 22.6 Å². The molecule has 21 nitrogen and oxygen atoms in total. The average molecular weight is 1200 g/mol. The summed E-state index contributed by atoms with van der Waals surface area (Å²) < 4.78 is 16.9. The molecule has 0 bridgehead atoms. The van der Waals surface area contributed by atoms with Gasteiger partial charge in [-0.15, -0.1) is 22.7 Å². The highest BCUT2D eigenvalue weighted by Crippen LogP contribution is 2.44. The first kappa shape index (κ1) is 57.9. The number of para-hydroxylation sites is 1. The number of fused-ring (bicyclic) bond motifs is 10. The van der Waals surface area contributed by atoms with Crippen molar-refractivity contribution < 1.29 is 33.8 Å². The molecule has 2 spiro atoms. The largest absolute Gasteiger partial charge is 0.477 e. The van der Waals surface area contributed by atoms with Gasteiger partial charge in [-0.05, 0) is 160 Å². The minimum atomic E-state index is -1.26. The van der Waals surface area contributed by atoms with Crippen LogP contribution >= 0.6 is 22.7 Å². The number of likely N-dealkylation sites (tertiary alicyclic amines) is 3. The molecule has 8 aromatic rings. The first-order chi connectivity index (χ1) is 40.5. The third kappa shape index (κ3) is 11.2. The SMILES string of the molecule is CCc1ccc2sc3c(C(=O)O)c(=O)c4cnc(N5CCC6(CCN(C(=O)OC(C)(C)C)C6)CC5)nc4n3c2c1.CN1CCC(NC(=O)c2c(=O)c3cnc(N4CCC5(CCN(C(=O)OC(C)(C)C)C5)CC4)nc3n3c2sc2ccccc23)CC1. The third-order valence-corrected chi connectivity index (χ3v) is 20.1. The molecule has 11 heterocycles. The number of ether oxygens (including phenoxy) is 2. The Labute approximate surface area is 499 Å². The fraction of sp³-hybridized carbons (Fsp3) is 0.516. The zero-order valence-corrected chi connectivity index (χ0v) is 51.3. The Hall–Kier alpha value is -7.50. The van der Waals surface area contributed by atoms with Gasteiger partial charge >= 0.3 is 18.2 Å². The van der Waals surface area contributed by atoms with E-state index in [0.29, 0.717) is 64.4 Å². The van der Waals surface area contributed by atoms with E-state index in [2.05, 4.69) is 44.0 Å². The molecule has 0 radical (unpaired) electrons. The van der Waals surface area contributed by atoms with Crippen LogP contribution in [0.5, 0.6) is 0 Å². The zero-order chi connectivity index (χ0) is 59.9. The van der Waals surface area contributed by atoms with Crippen molar-refractivity contribution in [3.63, 3.8) is 0 Å². The van der Waals surface area contributed by atoms with E-state index in [1.54, 1.807) is 6.20 Å². The lowest BCUT2D eigenvalue weighted by Crippen LogP contribution is -2.44. The topological polar surface area (TPSA) is 230 Å². The highest BCUT2D eigenvalue weighted by atomic mass is 32.1. The maximum Gasteiger partial charge on any atom is 0.410 e. The van der Waals surface area contributed by atoms with Crippen LogP contribution in [0.2, 0.25) is 0 Å². The fourth-order valence-corrected chi connectivity index (χ4v) is 15.3. The van der Waals surface area contributed by atoms with Gasteiger partial charge in [-0.25, -0.2) is 24.4 Å². The number of pyridine rings is 2. The number of hydrogen-bond donors (Lipinski definition) is 2. The van der Waals surface area contributed by atoms with Crippen molar-refractivity contribution in [1.82, 2.24) is 48.8 Å². The highest BCUT2D eigenvalue weighted by Gasteiger charge is 2.45. The number of carboxylic acids is 1. The predicted molar refractivity (Wildman–Crippen MR) is 331 cm³/mol. The van der Waals surface area contributed by atoms with Crippen LogP contribution in [0.4, 0.5) is 21.5 Å². The minimum Gasteiger partial charge on any atom is -0.477 e. The number of nitrogens with one attached hydrogen (secondary N) is 1. The average Bonchev–Trinajstić information content (AvgIpc) is 3.14. The van der Waals surface area contributed by atoms with Crippen molar-refractivity contribution in [3.8, 4) is 0 Å². The van der Waals surface area contributed by atoms with E-state index in [9.17, 15) is 33.9 Å². The number of rotatable bonds is 6. The second-order valence-corrected chi connectivity index (χ2v) is 28.0. The Kier molecular flexibility index (Phi) is 15.0. The van der Waals surface area contributed by atoms with Gasteiger partial charge in [0.1, 0.15) is 32.0 Å². The summed E-state index contributed by atoms with van der Waals surface area (Å²) in [5.41, 5.74) is 1.89. The number of carbonyl (C=O) groups excluding carboxylic acids is 3. The summed E-state index contributed by atoms with van der Waals surface area (Å²) in [5, 5.41) is 13.6. The summed E-state index contributed by atoms with van der Waals surface area (Å²) in [6, 6.07) is 14.0. The Balaban J connectivity index is 0.000000168. The van der Waals surface area contributed by atoms with Crippen molar-refractivity contribution in [2.24, 2.45) is 10.8 Å². The summed E-state index contributed by atoms with van der Waals surface area (Å²) in [5.74, 6) is -0.491. The molecule has 5 fully saturated rings. The lowest BCUT2D eigenvalue weighted by atomic mass is 9.78. The molecule has 2 aromatic carbocycles. The molecule has 5 aliphatic rings. The maximum atomic E-state index is 14.0. The van der Waals surface area contributed by atoms with Gasteiger partial charge < -0.3 is 44.4 Å². The van der Waals surface area contributed by atoms with E-state index in [0.717, 1.165) is 123 Å². The van der Waals surface area contributed by atoms with Crippen molar-refractivity contribution in [1.29, 1.82) is 0 Å². The van der Waals surface area contributed by atoms with Crippen LogP contribution in [-0.2, 0) is 15.9 Å². The van der Waals surface area contributed by atoms with Crippen molar-refractivity contribution >= 4 is 111 Å². The van der Waals surface area contributed by atoms with Gasteiger partial charge in [0.2, 0.25) is 22.8 Å². The summed E-state index contributed by atoms with van der Waals surface area (Å²) in [7, 11) is 2.08. The second kappa shape index (κ2) is 22.1. The molecule has 13 rings (SSSR count). The standard InChI is InChI=1S/C33H41N7O4S.C29H33N5O5S/c1-32(2,3)44-31(43)39-18-13-33(20-39)11-16-38(17-12-33)30-34-19-22-26(41)25(28(42)35-21-9-14-37(4)15-10-21)29-40(27(22)36-30)23-7-5-6-8-24(23)45-29;1-5-17-6-7-20-19(14-17)34-23-18(22(35)21(25(36)37)24(34)40-20)15-30-26(31-23)32-11-8-29(9-12-32)10-13-33(16-29)27(38)39-28(2,3)4/h5-8,19,21H,9-18,20H2,1-4H3,(H,35,42);6-7,14-15H,5,8-13,16H2,1-4H3,(H,36,37). The second-order valence-electron chi connectivity index (χ2n) is 26.0. The number of carboxylic acid groups (broad SMARTS) is 1. The molecule has 2 N–H and O–H groups in total. The molecule has 448 valence electrons. The highest BCUT2D eigenvalue weighted by molar-refractivity contribution is 7.24. The molecule has 0 aliphatic carbocycles. The maximum absolute atomic E-state index is 14.0. The van der Waals surface area contributed by atoms with Gasteiger partial charge in [0, 0.05) is 70.8 Å². The number of benzene rings is 2. The zero-order valence-electron chi connectivity index (χ0n) is 49.7. The Morgan fingerprint density at radius 3 is 1.62 bits per heavy atom. The number of piperidine rings is 3. The molecule has 23 heteroatoms. The molecule has 0 unspecified atom stereocenters. The molecule has 0 atom stereocenters. The van der Waals surface area contributed by atoms with Crippen LogP contribution in [0, 0.1) is 10.8 Å². The summed E-state index contributed by atoms with van der Waals surface area (Å²) in [6.07, 6.45) is 10.6. The number of anilines is 2. The molecule has 0 saturated carbocycles. The first-order valence-corrected chi connectivity index (χ1v) is 31.3. The molecule has 85 heavy (non-hydrogen) atoms. The van der Waals surface area contributed by atoms with Crippen LogP contribution in [0.1, 0.15) is 126 Å². The Morgan fingerprint density at radius 2 is 1.12 bits per heavy atom. The smallest absolute Gasteiger partial charge is 0.410 e. The van der Waals surface area contributed by atoms with E-state index in [-0.39, 0.29) is 56.9 Å². The number of aromatic carboxylic acids is 1. The van der Waals surface area contributed by atoms with E-state index >= 15 is 0 Å². The van der Waals surface area contributed by atoms with Crippen molar-refractivity contribution in [2.45, 2.75) is 123 Å². The number of hydrogen-bond acceptors (Lipinski definition) is 17. The van der Waals surface area contributed by atoms with Gasteiger partial charge in [0.05, 0.1) is 31.2 Å². The van der Waals surface area contributed by atoms with Crippen LogP contribution in [0.15, 0.2) is 64.4 Å². The molecule has 5 saturated heterocycles. The molecular weight excluding hydrogens is 1120 g/mol. The Bertz CT molecular complexity index is 4100. The lowest BCUT2D eigenvalue weighted by molar-refractivity contribution is 0.0256. The normalized spacial score (nSPS) is 18.6. The minimum absolute atomic E-state index is 0.0373. The quantitative estimate of drug-likeness (QED) is 0.158. The van der Waals surface area contributed by atoms with Crippen molar-refractivity contribution in [3.05, 3.63) is 92.0 Å². The summed E-state index contributed by atoms with van der Waals surface area (Å²) >= 11 is 2.74. The molecule has 6 aromatic heterocycles. The number of amides is 3. The summed E-state index contributed by atoms with van der Waals surface area (Å²) in [4.78, 5) is 109. The van der Waals surface area contributed by atoms with Crippen molar-refractivity contribution in [2.75, 3.05) is 82.3 Å². The molecule has 3 amide bonds. The number of aryl methyl sites for hydroxylation is 1. The third-order valence-electron chi connectivity index (χ3n) is 17.8. The lowest BCUT2D eigenvalue weighted by Gasteiger charge is -2.39. The van der Waals surface area contributed by atoms with Gasteiger partial charge in [-0.2, -0.15) is 9.97 Å². The number of nitrogens with zero attached hydrogens (tertiary/aromatic N) is 11. The van der Waals surface area contributed by atoms with Gasteiger partial charge in [-0.1, -0.05) is 25.1 Å². The van der Waals surface area contributed by atoms with Crippen LogP contribution in [0.3, 0.4) is 0 Å².